The van der Waals surface area contributed by atoms with Gasteiger partial charge in [0.2, 0.25) is 5.91 Å². The van der Waals surface area contributed by atoms with E-state index in [0.29, 0.717) is 53.9 Å². The third-order valence-electron chi connectivity index (χ3n) is 9.50. The number of benzene rings is 2. The highest BCUT2D eigenvalue weighted by atomic mass is 19.1. The number of amides is 1. The second kappa shape index (κ2) is 14.2. The van der Waals surface area contributed by atoms with E-state index in [-0.39, 0.29) is 17.8 Å². The molecule has 250 valence electrons. The first kappa shape index (κ1) is 32.7. The maximum absolute atomic E-state index is 14.2. The lowest BCUT2D eigenvalue weighted by Crippen LogP contribution is -2.45. The Kier molecular flexibility index (Phi) is 9.90. The second-order valence-corrected chi connectivity index (χ2v) is 12.8. The van der Waals surface area contributed by atoms with Crippen LogP contribution in [-0.2, 0) is 9.63 Å². The largest absolute Gasteiger partial charge is 0.494 e. The van der Waals surface area contributed by atoms with Crippen LogP contribution in [0.5, 0.6) is 5.75 Å². The first-order valence-corrected chi connectivity index (χ1v) is 16.3. The zero-order chi connectivity index (χ0) is 33.1. The van der Waals surface area contributed by atoms with Crippen LogP contribution in [0, 0.1) is 12.7 Å². The monoisotopic (exact) mass is 644 g/mol. The highest BCUT2D eigenvalue weighted by molar-refractivity contribution is 6.02. The van der Waals surface area contributed by atoms with Crippen LogP contribution >= 0.6 is 0 Å². The summed E-state index contributed by atoms with van der Waals surface area (Å²) in [6, 6.07) is 11.6. The maximum atomic E-state index is 14.2. The van der Waals surface area contributed by atoms with Crippen molar-refractivity contribution >= 4 is 34.6 Å². The van der Waals surface area contributed by atoms with Crippen molar-refractivity contribution in [3.8, 4) is 5.75 Å². The third kappa shape index (κ3) is 7.34. The van der Waals surface area contributed by atoms with E-state index in [1.165, 1.54) is 24.9 Å². The van der Waals surface area contributed by atoms with Crippen LogP contribution in [0.1, 0.15) is 42.9 Å². The summed E-state index contributed by atoms with van der Waals surface area (Å²) in [5.41, 5.74) is 3.86. The summed E-state index contributed by atoms with van der Waals surface area (Å²) in [6.45, 7) is 10.0. The molecule has 11 nitrogen and oxygen atoms in total. The molecule has 4 heterocycles. The molecule has 1 amide bonds. The fraction of sp³-hybridized carbons (Fsp3) is 0.457. The molecule has 2 aromatic carbocycles. The number of ether oxygens (including phenoxy) is 1. The topological polar surface area (TPSA) is 98.3 Å². The lowest BCUT2D eigenvalue weighted by molar-refractivity contribution is -0.111. The molecule has 0 saturated carbocycles. The molecular weight excluding hydrogens is 599 g/mol. The van der Waals surface area contributed by atoms with Gasteiger partial charge in [-0.3, -0.25) is 14.5 Å². The number of piperidine rings is 1. The maximum Gasteiger partial charge on any atom is 0.247 e. The zero-order valence-electron chi connectivity index (χ0n) is 27.7. The minimum atomic E-state index is -0.293. The van der Waals surface area contributed by atoms with Crippen molar-refractivity contribution in [2.24, 2.45) is 0 Å². The summed E-state index contributed by atoms with van der Waals surface area (Å²) in [6.07, 6.45) is 6.74. The summed E-state index contributed by atoms with van der Waals surface area (Å²) in [7, 11) is 5.96. The van der Waals surface area contributed by atoms with E-state index < -0.39 is 0 Å². The number of nitrogens with one attached hydrogen (secondary N) is 2. The average Bonchev–Trinajstić information content (AvgIpc) is 3.76. The Morgan fingerprint density at radius 1 is 1.06 bits per heavy atom. The summed E-state index contributed by atoms with van der Waals surface area (Å²) < 4.78 is 20.1. The molecule has 0 bridgehead atoms. The first-order valence-electron chi connectivity index (χ1n) is 16.3. The number of halogens is 1. The molecule has 3 aliphatic rings. The van der Waals surface area contributed by atoms with Gasteiger partial charge in [0.1, 0.15) is 23.7 Å². The summed E-state index contributed by atoms with van der Waals surface area (Å²) in [5.74, 6) is 1.09. The molecule has 1 aromatic heterocycles. The summed E-state index contributed by atoms with van der Waals surface area (Å²) in [4.78, 5) is 34.7. The molecule has 3 fully saturated rings. The van der Waals surface area contributed by atoms with Gasteiger partial charge >= 0.3 is 0 Å². The SMILES string of the molecule is C=CC(=O)Nc1cc(Nc2cc(N3OCC[C@@H]3c3cc(C)cc(F)c3)ncn2)c(OC)cc1N1CCC(N2CC[C@@H](N(C)C)C2)CC1. The molecule has 2 atom stereocenters. The Bertz CT molecular complexity index is 1570. The Balaban J connectivity index is 1.22. The summed E-state index contributed by atoms with van der Waals surface area (Å²) >= 11 is 0. The number of methoxy groups -OCH3 is 1. The number of likely N-dealkylation sites (N-methyl/N-ethyl adjacent to an activating group) is 1. The Morgan fingerprint density at radius 2 is 1.87 bits per heavy atom. The Labute approximate surface area is 276 Å². The van der Waals surface area contributed by atoms with Crippen molar-refractivity contribution in [2.45, 2.75) is 50.7 Å². The lowest BCUT2D eigenvalue weighted by atomic mass is 10.0. The number of aryl methyl sites for hydroxylation is 1. The van der Waals surface area contributed by atoms with E-state index in [2.05, 4.69) is 56.0 Å². The Morgan fingerprint density at radius 3 is 2.57 bits per heavy atom. The number of hydrogen-bond acceptors (Lipinski definition) is 10. The average molecular weight is 645 g/mol. The molecule has 0 radical (unpaired) electrons. The molecule has 2 N–H and O–H groups in total. The van der Waals surface area contributed by atoms with Crippen molar-refractivity contribution in [1.82, 2.24) is 19.8 Å². The van der Waals surface area contributed by atoms with Gasteiger partial charge in [0, 0.05) is 56.8 Å². The van der Waals surface area contributed by atoms with Crippen molar-refractivity contribution in [2.75, 3.05) is 74.6 Å². The van der Waals surface area contributed by atoms with E-state index >= 15 is 0 Å². The van der Waals surface area contributed by atoms with Gasteiger partial charge in [-0.25, -0.2) is 19.4 Å². The van der Waals surface area contributed by atoms with Gasteiger partial charge < -0.3 is 25.2 Å². The minimum Gasteiger partial charge on any atom is -0.494 e. The van der Waals surface area contributed by atoms with Gasteiger partial charge in [-0.2, -0.15) is 0 Å². The van der Waals surface area contributed by atoms with Gasteiger partial charge in [-0.15, -0.1) is 0 Å². The van der Waals surface area contributed by atoms with Crippen molar-refractivity contribution in [3.63, 3.8) is 0 Å². The molecule has 0 aliphatic carbocycles. The number of likely N-dealkylation sites (tertiary alicyclic amines) is 1. The number of aromatic nitrogens is 2. The van der Waals surface area contributed by atoms with E-state index in [1.54, 1.807) is 24.3 Å². The Hall–Kier alpha value is -4.26. The van der Waals surface area contributed by atoms with Crippen molar-refractivity contribution in [1.29, 1.82) is 0 Å². The van der Waals surface area contributed by atoms with Crippen LogP contribution in [0.4, 0.5) is 33.1 Å². The molecule has 3 aromatic rings. The number of rotatable bonds is 10. The van der Waals surface area contributed by atoms with Crippen LogP contribution < -0.4 is 25.3 Å². The first-order chi connectivity index (χ1) is 22.7. The second-order valence-electron chi connectivity index (χ2n) is 12.8. The van der Waals surface area contributed by atoms with Crippen LogP contribution in [0.15, 0.2) is 55.4 Å². The molecule has 3 aliphatic heterocycles. The van der Waals surface area contributed by atoms with Crippen molar-refractivity contribution in [3.05, 3.63) is 72.3 Å². The number of hydrogen-bond donors (Lipinski definition) is 2. The van der Waals surface area contributed by atoms with Gasteiger partial charge in [0.25, 0.3) is 0 Å². The zero-order valence-corrected chi connectivity index (χ0v) is 27.7. The molecular formula is C35H45FN8O3. The quantitative estimate of drug-likeness (QED) is 0.284. The third-order valence-corrected chi connectivity index (χ3v) is 9.50. The van der Waals surface area contributed by atoms with E-state index in [1.807, 2.05) is 25.1 Å². The molecule has 6 rings (SSSR count). The summed E-state index contributed by atoms with van der Waals surface area (Å²) in [5, 5.41) is 8.07. The van der Waals surface area contributed by atoms with Crippen LogP contribution in [0.2, 0.25) is 0 Å². The normalized spacial score (nSPS) is 20.6. The number of nitrogens with zero attached hydrogens (tertiary/aromatic N) is 6. The van der Waals surface area contributed by atoms with Crippen LogP contribution in [-0.4, -0.2) is 91.7 Å². The van der Waals surface area contributed by atoms with Crippen LogP contribution in [0.25, 0.3) is 0 Å². The van der Waals surface area contributed by atoms with Gasteiger partial charge in [-0.1, -0.05) is 12.6 Å². The van der Waals surface area contributed by atoms with Gasteiger partial charge in [0.15, 0.2) is 5.82 Å². The molecule has 47 heavy (non-hydrogen) atoms. The number of carbonyl (C=O) groups excluding carboxylic acids is 1. The molecule has 12 heteroatoms. The number of hydroxylamine groups is 1. The standard InChI is InChI=1S/C35H45FN8O3/c1-6-35(45)40-28-18-29(32(46-5)19-31(28)42-11-7-26(8-12-42)43-13-9-27(21-43)41(3)4)39-33-20-34(38-22-37-33)44-30(10-14-47-44)24-15-23(2)16-25(36)17-24/h6,15-20,22,26-27,30H,1,7-14,21H2,2-5H3,(H,40,45)(H,37,38,39)/t27-,30-/m1/s1. The molecule has 0 unspecified atom stereocenters. The fourth-order valence-corrected chi connectivity index (χ4v) is 7.00. The number of carbonyl (C=O) groups is 1. The lowest BCUT2D eigenvalue weighted by Gasteiger charge is -2.39. The van der Waals surface area contributed by atoms with E-state index in [4.69, 9.17) is 9.57 Å². The van der Waals surface area contributed by atoms with Gasteiger partial charge in [-0.05, 0) is 75.7 Å². The molecule has 3 saturated heterocycles. The minimum absolute atomic E-state index is 0.189. The predicted octanol–water partition coefficient (Wildman–Crippen LogP) is 5.29. The molecule has 0 spiro atoms. The predicted molar refractivity (Wildman–Crippen MR) is 183 cm³/mol. The van der Waals surface area contributed by atoms with Crippen molar-refractivity contribution < 1.29 is 18.8 Å². The highest BCUT2D eigenvalue weighted by Gasteiger charge is 2.33. The van der Waals surface area contributed by atoms with E-state index in [9.17, 15) is 9.18 Å². The van der Waals surface area contributed by atoms with Crippen LogP contribution in [0.3, 0.4) is 0 Å². The van der Waals surface area contributed by atoms with E-state index in [0.717, 1.165) is 55.8 Å². The number of anilines is 5. The fourth-order valence-electron chi connectivity index (χ4n) is 7.00. The van der Waals surface area contributed by atoms with Gasteiger partial charge in [0.05, 0.1) is 36.8 Å². The highest BCUT2D eigenvalue weighted by Crippen LogP contribution is 2.41. The smallest absolute Gasteiger partial charge is 0.247 e.